The number of halogens is 3. The summed E-state index contributed by atoms with van der Waals surface area (Å²) in [6.45, 7) is 0.536. The summed E-state index contributed by atoms with van der Waals surface area (Å²) < 4.78 is 37.3. The van der Waals surface area contributed by atoms with E-state index in [9.17, 15) is 22.8 Å². The van der Waals surface area contributed by atoms with E-state index in [0.29, 0.717) is 18.9 Å². The SMILES string of the molecule is O=C(CC1CCCC1)NCCNC(=O)c1ccc(C(F)(F)F)cc1. The Hall–Kier alpha value is -2.05. The van der Waals surface area contributed by atoms with E-state index >= 15 is 0 Å². The Balaban J connectivity index is 1.68. The zero-order valence-electron chi connectivity index (χ0n) is 13.3. The molecule has 2 amide bonds. The van der Waals surface area contributed by atoms with Gasteiger partial charge in [-0.25, -0.2) is 0 Å². The van der Waals surface area contributed by atoms with E-state index in [2.05, 4.69) is 10.6 Å². The lowest BCUT2D eigenvalue weighted by molar-refractivity contribution is -0.137. The van der Waals surface area contributed by atoms with Crippen molar-refractivity contribution in [2.24, 2.45) is 5.92 Å². The van der Waals surface area contributed by atoms with Crippen LogP contribution in [0.15, 0.2) is 24.3 Å². The van der Waals surface area contributed by atoms with E-state index in [1.54, 1.807) is 0 Å². The van der Waals surface area contributed by atoms with Crippen molar-refractivity contribution in [3.05, 3.63) is 35.4 Å². The van der Waals surface area contributed by atoms with Gasteiger partial charge >= 0.3 is 6.18 Å². The first kappa shape index (κ1) is 18.3. The van der Waals surface area contributed by atoms with Gasteiger partial charge in [-0.15, -0.1) is 0 Å². The van der Waals surface area contributed by atoms with E-state index < -0.39 is 17.6 Å². The normalized spacial score (nSPS) is 15.3. The van der Waals surface area contributed by atoms with Gasteiger partial charge in [0.1, 0.15) is 0 Å². The Morgan fingerprint density at radius 1 is 1.00 bits per heavy atom. The lowest BCUT2D eigenvalue weighted by Crippen LogP contribution is -2.35. The summed E-state index contributed by atoms with van der Waals surface area (Å²) >= 11 is 0. The molecule has 0 radical (unpaired) electrons. The van der Waals surface area contributed by atoms with Crippen LogP contribution in [-0.4, -0.2) is 24.9 Å². The maximum absolute atomic E-state index is 12.4. The Morgan fingerprint density at radius 2 is 1.58 bits per heavy atom. The van der Waals surface area contributed by atoms with Crippen molar-refractivity contribution in [3.63, 3.8) is 0 Å². The average molecular weight is 342 g/mol. The summed E-state index contributed by atoms with van der Waals surface area (Å²) in [7, 11) is 0. The maximum atomic E-state index is 12.4. The number of hydrogen-bond acceptors (Lipinski definition) is 2. The fraction of sp³-hybridized carbons (Fsp3) is 0.529. The highest BCUT2D eigenvalue weighted by Crippen LogP contribution is 2.29. The summed E-state index contributed by atoms with van der Waals surface area (Å²) in [6, 6.07) is 4.02. The third-order valence-corrected chi connectivity index (χ3v) is 4.16. The third-order valence-electron chi connectivity index (χ3n) is 4.16. The minimum absolute atomic E-state index is 0.0225. The van der Waals surface area contributed by atoms with Gasteiger partial charge in [-0.1, -0.05) is 12.8 Å². The molecule has 132 valence electrons. The highest BCUT2D eigenvalue weighted by Gasteiger charge is 2.30. The van der Waals surface area contributed by atoms with Crippen molar-refractivity contribution in [1.82, 2.24) is 10.6 Å². The topological polar surface area (TPSA) is 58.2 Å². The number of carbonyl (C=O) groups is 2. The molecule has 0 atom stereocenters. The van der Waals surface area contributed by atoms with Crippen LogP contribution in [0.25, 0.3) is 0 Å². The molecule has 0 aromatic heterocycles. The lowest BCUT2D eigenvalue weighted by atomic mass is 10.0. The fourth-order valence-corrected chi connectivity index (χ4v) is 2.84. The first-order chi connectivity index (χ1) is 11.4. The highest BCUT2D eigenvalue weighted by atomic mass is 19.4. The molecule has 0 bridgehead atoms. The lowest BCUT2D eigenvalue weighted by Gasteiger charge is -2.11. The third kappa shape index (κ3) is 5.54. The Labute approximate surface area is 138 Å². The van der Waals surface area contributed by atoms with Crippen molar-refractivity contribution in [2.75, 3.05) is 13.1 Å². The molecule has 1 aromatic carbocycles. The second kappa shape index (κ2) is 8.17. The second-order valence-corrected chi connectivity index (χ2v) is 6.04. The van der Waals surface area contributed by atoms with Gasteiger partial charge in [-0.3, -0.25) is 9.59 Å². The number of benzene rings is 1. The Bertz CT molecular complexity index is 564. The monoisotopic (exact) mass is 342 g/mol. The summed E-state index contributed by atoms with van der Waals surface area (Å²) in [4.78, 5) is 23.5. The summed E-state index contributed by atoms with van der Waals surface area (Å²) in [6.07, 6.45) is 0.657. The molecule has 0 spiro atoms. The molecule has 2 N–H and O–H groups in total. The van der Waals surface area contributed by atoms with Gasteiger partial charge in [0.15, 0.2) is 0 Å². The maximum Gasteiger partial charge on any atom is 0.416 e. The molecule has 1 saturated carbocycles. The van der Waals surface area contributed by atoms with E-state index in [4.69, 9.17) is 0 Å². The highest BCUT2D eigenvalue weighted by molar-refractivity contribution is 5.94. The molecule has 0 aliphatic heterocycles. The van der Waals surface area contributed by atoms with Crippen LogP contribution in [-0.2, 0) is 11.0 Å². The van der Waals surface area contributed by atoms with Gasteiger partial charge in [0.25, 0.3) is 5.91 Å². The molecule has 1 aromatic rings. The average Bonchev–Trinajstić information content (AvgIpc) is 3.03. The number of rotatable bonds is 6. The molecule has 7 heteroatoms. The standard InChI is InChI=1S/C17H21F3N2O2/c18-17(19,20)14-7-5-13(6-8-14)16(24)22-10-9-21-15(23)11-12-3-1-2-4-12/h5-8,12H,1-4,9-11H2,(H,21,23)(H,22,24). The fourth-order valence-electron chi connectivity index (χ4n) is 2.84. The first-order valence-corrected chi connectivity index (χ1v) is 8.08. The van der Waals surface area contributed by atoms with Gasteiger partial charge in [-0.2, -0.15) is 13.2 Å². The number of nitrogens with one attached hydrogen (secondary N) is 2. The number of carbonyl (C=O) groups excluding carboxylic acids is 2. The summed E-state index contributed by atoms with van der Waals surface area (Å²) in [5, 5.41) is 5.31. The molecule has 2 rings (SSSR count). The molecule has 0 saturated heterocycles. The van der Waals surface area contributed by atoms with Gasteiger partial charge in [0.05, 0.1) is 5.56 Å². The van der Waals surface area contributed by atoms with E-state index in [0.717, 1.165) is 37.1 Å². The molecule has 24 heavy (non-hydrogen) atoms. The van der Waals surface area contributed by atoms with Crippen molar-refractivity contribution in [2.45, 2.75) is 38.3 Å². The number of alkyl halides is 3. The quantitative estimate of drug-likeness (QED) is 0.781. The molecular formula is C17H21F3N2O2. The minimum Gasteiger partial charge on any atom is -0.354 e. The summed E-state index contributed by atoms with van der Waals surface area (Å²) in [5.41, 5.74) is -0.640. The van der Waals surface area contributed by atoms with E-state index in [1.165, 1.54) is 12.8 Å². The van der Waals surface area contributed by atoms with Gasteiger partial charge in [0.2, 0.25) is 5.91 Å². The smallest absolute Gasteiger partial charge is 0.354 e. The zero-order chi connectivity index (χ0) is 17.6. The van der Waals surface area contributed by atoms with Crippen molar-refractivity contribution < 1.29 is 22.8 Å². The van der Waals surface area contributed by atoms with Gasteiger partial charge in [0, 0.05) is 25.1 Å². The molecular weight excluding hydrogens is 321 g/mol. The predicted octanol–water partition coefficient (Wildman–Crippen LogP) is 3.13. The van der Waals surface area contributed by atoms with E-state index in [1.807, 2.05) is 0 Å². The molecule has 4 nitrogen and oxygen atoms in total. The molecule has 0 unspecified atom stereocenters. The summed E-state index contributed by atoms with van der Waals surface area (Å²) in [5.74, 6) is -0.0221. The van der Waals surface area contributed by atoms with Gasteiger partial charge < -0.3 is 10.6 Å². The van der Waals surface area contributed by atoms with Crippen LogP contribution in [0.1, 0.15) is 48.0 Å². The van der Waals surface area contributed by atoms with Crippen molar-refractivity contribution >= 4 is 11.8 Å². The second-order valence-electron chi connectivity index (χ2n) is 6.04. The molecule has 1 fully saturated rings. The van der Waals surface area contributed by atoms with E-state index in [-0.39, 0.29) is 18.0 Å². The molecule has 1 aliphatic carbocycles. The first-order valence-electron chi connectivity index (χ1n) is 8.08. The van der Waals surface area contributed by atoms with Crippen LogP contribution < -0.4 is 10.6 Å². The van der Waals surface area contributed by atoms with Crippen LogP contribution in [0, 0.1) is 5.92 Å². The van der Waals surface area contributed by atoms with Crippen LogP contribution >= 0.6 is 0 Å². The molecule has 0 heterocycles. The predicted molar refractivity (Wildman–Crippen MR) is 83.4 cm³/mol. The zero-order valence-corrected chi connectivity index (χ0v) is 13.3. The van der Waals surface area contributed by atoms with Crippen LogP contribution in [0.4, 0.5) is 13.2 Å². The Kier molecular flexibility index (Phi) is 6.23. The Morgan fingerprint density at radius 3 is 2.17 bits per heavy atom. The minimum atomic E-state index is -4.42. The van der Waals surface area contributed by atoms with Crippen LogP contribution in [0.2, 0.25) is 0 Å². The van der Waals surface area contributed by atoms with Crippen LogP contribution in [0.3, 0.4) is 0 Å². The number of hydrogen-bond donors (Lipinski definition) is 2. The largest absolute Gasteiger partial charge is 0.416 e. The van der Waals surface area contributed by atoms with Crippen molar-refractivity contribution in [3.8, 4) is 0 Å². The van der Waals surface area contributed by atoms with Gasteiger partial charge in [-0.05, 0) is 43.0 Å². The van der Waals surface area contributed by atoms with Crippen molar-refractivity contribution in [1.29, 1.82) is 0 Å². The van der Waals surface area contributed by atoms with Crippen LogP contribution in [0.5, 0.6) is 0 Å². The molecule has 1 aliphatic rings. The number of amides is 2.